The predicted molar refractivity (Wildman–Crippen MR) is 92.9 cm³/mol. The molecule has 8 nitrogen and oxygen atoms in total. The molecule has 24 heavy (non-hydrogen) atoms. The lowest BCUT2D eigenvalue weighted by Gasteiger charge is -2.36. The van der Waals surface area contributed by atoms with Gasteiger partial charge in [0, 0.05) is 48.8 Å². The van der Waals surface area contributed by atoms with Gasteiger partial charge in [0.25, 0.3) is 5.69 Å². The highest BCUT2D eigenvalue weighted by molar-refractivity contribution is 9.10. The molecule has 1 aliphatic rings. The van der Waals surface area contributed by atoms with Crippen molar-refractivity contribution in [3.05, 3.63) is 32.8 Å². The summed E-state index contributed by atoms with van der Waals surface area (Å²) >= 11 is 3.35. The molecule has 0 atom stereocenters. The van der Waals surface area contributed by atoms with Crippen molar-refractivity contribution < 1.29 is 14.5 Å². The average Bonchev–Trinajstić information content (AvgIpc) is 2.53. The molecular formula is C15H19BrN4O4. The van der Waals surface area contributed by atoms with Crippen LogP contribution in [0.25, 0.3) is 0 Å². The zero-order valence-electron chi connectivity index (χ0n) is 13.5. The number of nitro benzene ring substituents is 1. The Morgan fingerprint density at radius 1 is 1.25 bits per heavy atom. The molecule has 2 rings (SSSR count). The Hall–Kier alpha value is -2.16. The summed E-state index contributed by atoms with van der Waals surface area (Å²) in [7, 11) is 0. The zero-order chi connectivity index (χ0) is 17.9. The number of benzene rings is 1. The molecule has 1 aromatic rings. The SMILES string of the molecule is CC(C)NC(=O)C(=O)N1CCN(c2ccc([N+](=O)[O-])cc2Br)CC1. The molecule has 1 saturated heterocycles. The Kier molecular flexibility index (Phi) is 5.76. The number of carbonyl (C=O) groups is 2. The third-order valence-electron chi connectivity index (χ3n) is 3.66. The number of nitro groups is 1. The first kappa shape index (κ1) is 18.2. The van der Waals surface area contributed by atoms with E-state index in [4.69, 9.17) is 0 Å². The summed E-state index contributed by atoms with van der Waals surface area (Å²) in [4.78, 5) is 37.7. The Bertz CT molecular complexity index is 657. The smallest absolute Gasteiger partial charge is 0.312 e. The van der Waals surface area contributed by atoms with Gasteiger partial charge >= 0.3 is 11.8 Å². The van der Waals surface area contributed by atoms with Crippen LogP contribution in [0.2, 0.25) is 0 Å². The molecule has 0 bridgehead atoms. The van der Waals surface area contributed by atoms with Crippen LogP contribution in [0.15, 0.2) is 22.7 Å². The van der Waals surface area contributed by atoms with Gasteiger partial charge in [-0.05, 0) is 35.8 Å². The van der Waals surface area contributed by atoms with Gasteiger partial charge in [-0.1, -0.05) is 0 Å². The number of hydrogen-bond acceptors (Lipinski definition) is 5. The van der Waals surface area contributed by atoms with Crippen molar-refractivity contribution in [2.24, 2.45) is 0 Å². The van der Waals surface area contributed by atoms with E-state index in [9.17, 15) is 19.7 Å². The molecule has 130 valence electrons. The number of rotatable bonds is 3. The van der Waals surface area contributed by atoms with E-state index >= 15 is 0 Å². The maximum atomic E-state index is 12.1. The van der Waals surface area contributed by atoms with Crippen LogP contribution in [0.1, 0.15) is 13.8 Å². The number of amides is 2. The summed E-state index contributed by atoms with van der Waals surface area (Å²) in [6, 6.07) is 4.51. The molecule has 1 heterocycles. The molecule has 0 spiro atoms. The molecule has 1 aliphatic heterocycles. The van der Waals surface area contributed by atoms with E-state index in [1.54, 1.807) is 19.9 Å². The Morgan fingerprint density at radius 2 is 1.88 bits per heavy atom. The van der Waals surface area contributed by atoms with Crippen LogP contribution >= 0.6 is 15.9 Å². The zero-order valence-corrected chi connectivity index (χ0v) is 15.1. The number of piperazine rings is 1. The summed E-state index contributed by atoms with van der Waals surface area (Å²) < 4.78 is 0.633. The first-order chi connectivity index (χ1) is 11.3. The quantitative estimate of drug-likeness (QED) is 0.473. The van der Waals surface area contributed by atoms with Crippen LogP contribution in [0.5, 0.6) is 0 Å². The van der Waals surface area contributed by atoms with Gasteiger partial charge in [-0.25, -0.2) is 0 Å². The van der Waals surface area contributed by atoms with E-state index in [1.807, 2.05) is 4.90 Å². The number of non-ortho nitro benzene ring substituents is 1. The lowest BCUT2D eigenvalue weighted by atomic mass is 10.2. The second kappa shape index (κ2) is 7.61. The normalized spacial score (nSPS) is 14.7. The van der Waals surface area contributed by atoms with Gasteiger partial charge in [0.15, 0.2) is 0 Å². The Balaban J connectivity index is 1.99. The van der Waals surface area contributed by atoms with Gasteiger partial charge in [0.2, 0.25) is 0 Å². The number of nitrogens with one attached hydrogen (secondary N) is 1. The fourth-order valence-corrected chi connectivity index (χ4v) is 3.10. The molecule has 0 aromatic heterocycles. The number of halogens is 1. The predicted octanol–water partition coefficient (Wildman–Crippen LogP) is 1.53. The fraction of sp³-hybridized carbons (Fsp3) is 0.467. The summed E-state index contributed by atoms with van der Waals surface area (Å²) in [6.07, 6.45) is 0. The van der Waals surface area contributed by atoms with Crippen molar-refractivity contribution in [2.45, 2.75) is 19.9 Å². The maximum Gasteiger partial charge on any atom is 0.312 e. The Labute approximate surface area is 148 Å². The third-order valence-corrected chi connectivity index (χ3v) is 4.30. The van der Waals surface area contributed by atoms with Crippen LogP contribution in [0.3, 0.4) is 0 Å². The van der Waals surface area contributed by atoms with Gasteiger partial charge in [0.1, 0.15) is 0 Å². The van der Waals surface area contributed by atoms with Gasteiger partial charge in [0.05, 0.1) is 10.6 Å². The van der Waals surface area contributed by atoms with Crippen LogP contribution in [0.4, 0.5) is 11.4 Å². The van der Waals surface area contributed by atoms with Crippen LogP contribution < -0.4 is 10.2 Å². The lowest BCUT2D eigenvalue weighted by molar-refractivity contribution is -0.384. The van der Waals surface area contributed by atoms with Crippen LogP contribution in [0, 0.1) is 10.1 Å². The topological polar surface area (TPSA) is 95.8 Å². The lowest BCUT2D eigenvalue weighted by Crippen LogP contribution is -2.53. The summed E-state index contributed by atoms with van der Waals surface area (Å²) in [5.74, 6) is -1.11. The minimum atomic E-state index is -0.588. The number of carbonyl (C=O) groups excluding carboxylic acids is 2. The van der Waals surface area contributed by atoms with E-state index in [0.29, 0.717) is 30.7 Å². The van der Waals surface area contributed by atoms with E-state index < -0.39 is 16.7 Å². The second-order valence-electron chi connectivity index (χ2n) is 5.80. The molecule has 1 N–H and O–H groups in total. The van der Waals surface area contributed by atoms with Crippen molar-refractivity contribution in [2.75, 3.05) is 31.1 Å². The van der Waals surface area contributed by atoms with E-state index in [1.165, 1.54) is 17.0 Å². The highest BCUT2D eigenvalue weighted by Gasteiger charge is 2.27. The first-order valence-electron chi connectivity index (χ1n) is 7.58. The molecule has 0 saturated carbocycles. The summed E-state index contributed by atoms with van der Waals surface area (Å²) in [5, 5.41) is 13.4. The second-order valence-corrected chi connectivity index (χ2v) is 6.65. The van der Waals surface area contributed by atoms with Gasteiger partial charge < -0.3 is 15.1 Å². The van der Waals surface area contributed by atoms with Gasteiger partial charge in [-0.2, -0.15) is 0 Å². The maximum absolute atomic E-state index is 12.1. The molecule has 0 unspecified atom stereocenters. The molecular weight excluding hydrogens is 380 g/mol. The van der Waals surface area contributed by atoms with Crippen molar-refractivity contribution in [1.29, 1.82) is 0 Å². The first-order valence-corrected chi connectivity index (χ1v) is 8.37. The van der Waals surface area contributed by atoms with Gasteiger partial charge in [-0.3, -0.25) is 19.7 Å². The molecule has 2 amide bonds. The molecule has 0 radical (unpaired) electrons. The number of anilines is 1. The summed E-state index contributed by atoms with van der Waals surface area (Å²) in [6.45, 7) is 5.56. The molecule has 1 aromatic carbocycles. The Morgan fingerprint density at radius 3 is 2.38 bits per heavy atom. The van der Waals surface area contributed by atoms with Crippen LogP contribution in [-0.2, 0) is 9.59 Å². The fourth-order valence-electron chi connectivity index (χ4n) is 2.48. The molecule has 9 heteroatoms. The van der Waals surface area contributed by atoms with E-state index in [-0.39, 0.29) is 11.7 Å². The van der Waals surface area contributed by atoms with Crippen LogP contribution in [-0.4, -0.2) is 53.9 Å². The average molecular weight is 399 g/mol. The minimum Gasteiger partial charge on any atom is -0.367 e. The number of hydrogen-bond donors (Lipinski definition) is 1. The van der Waals surface area contributed by atoms with E-state index in [0.717, 1.165) is 5.69 Å². The molecule has 0 aliphatic carbocycles. The van der Waals surface area contributed by atoms with Gasteiger partial charge in [-0.15, -0.1) is 0 Å². The largest absolute Gasteiger partial charge is 0.367 e. The number of nitrogens with zero attached hydrogens (tertiary/aromatic N) is 3. The van der Waals surface area contributed by atoms with E-state index in [2.05, 4.69) is 21.2 Å². The van der Waals surface area contributed by atoms with Crippen molar-refractivity contribution in [1.82, 2.24) is 10.2 Å². The van der Waals surface area contributed by atoms with Crippen molar-refractivity contribution >= 4 is 39.1 Å². The highest BCUT2D eigenvalue weighted by atomic mass is 79.9. The highest BCUT2D eigenvalue weighted by Crippen LogP contribution is 2.30. The minimum absolute atomic E-state index is 0.0183. The third kappa shape index (κ3) is 4.22. The summed E-state index contributed by atoms with van der Waals surface area (Å²) in [5.41, 5.74) is 0.851. The molecule has 1 fully saturated rings. The monoisotopic (exact) mass is 398 g/mol. The van der Waals surface area contributed by atoms with Crippen molar-refractivity contribution in [3.8, 4) is 0 Å². The standard InChI is InChI=1S/C15H19BrN4O4/c1-10(2)17-14(21)15(22)19-7-5-18(6-8-19)13-4-3-11(20(23)24)9-12(13)16/h3-4,9-10H,5-8H2,1-2H3,(H,17,21). The van der Waals surface area contributed by atoms with Crippen molar-refractivity contribution in [3.63, 3.8) is 0 Å².